The maximum Gasteiger partial charge on any atom is 0.240 e. The number of rotatable bonds is 8. The third-order valence-electron chi connectivity index (χ3n) is 7.56. The molecule has 2 aliphatic heterocycles. The van der Waals surface area contributed by atoms with Gasteiger partial charge in [-0.15, -0.1) is 11.8 Å². The number of thioether (sulfide) groups is 1. The zero-order valence-electron chi connectivity index (χ0n) is 24.1. The third kappa shape index (κ3) is 5.72. The molecule has 0 radical (unpaired) electrons. The van der Waals surface area contributed by atoms with Gasteiger partial charge in [-0.05, 0) is 66.2 Å². The number of fused-ring (bicyclic) bond motifs is 2. The first-order valence-electron chi connectivity index (χ1n) is 14.1. The summed E-state index contributed by atoms with van der Waals surface area (Å²) >= 11 is 7.74. The molecule has 4 heterocycles. The van der Waals surface area contributed by atoms with E-state index in [0.29, 0.717) is 45.2 Å². The lowest BCUT2D eigenvalue weighted by Gasteiger charge is -2.23. The van der Waals surface area contributed by atoms with Gasteiger partial charge in [0.05, 0.1) is 42.3 Å². The van der Waals surface area contributed by atoms with E-state index in [1.165, 1.54) is 16.7 Å². The van der Waals surface area contributed by atoms with Gasteiger partial charge in [-0.25, -0.2) is 4.68 Å². The Hall–Kier alpha value is -4.87. The van der Waals surface area contributed by atoms with Gasteiger partial charge in [-0.1, -0.05) is 29.8 Å². The highest BCUT2D eigenvalue weighted by Crippen LogP contribution is 2.50. The van der Waals surface area contributed by atoms with E-state index in [1.807, 2.05) is 54.6 Å². The summed E-state index contributed by atoms with van der Waals surface area (Å²) in [7, 11) is 1.60. The lowest BCUT2D eigenvalue weighted by molar-refractivity contribution is -0.123. The van der Waals surface area contributed by atoms with Crippen molar-refractivity contribution in [3.05, 3.63) is 107 Å². The van der Waals surface area contributed by atoms with Gasteiger partial charge < -0.3 is 23.9 Å². The number of furan rings is 1. The Bertz CT molecular complexity index is 1860. The van der Waals surface area contributed by atoms with E-state index < -0.39 is 0 Å². The largest absolute Gasteiger partial charge is 0.497 e. The Morgan fingerprint density at radius 1 is 1.07 bits per heavy atom. The van der Waals surface area contributed by atoms with Crippen LogP contribution in [0.3, 0.4) is 0 Å². The van der Waals surface area contributed by atoms with Crippen LogP contribution in [0.5, 0.6) is 17.2 Å². The number of ether oxygens (including phenoxy) is 3. The van der Waals surface area contributed by atoms with Gasteiger partial charge >= 0.3 is 0 Å². The quantitative estimate of drug-likeness (QED) is 0.219. The molecular weight excluding hydrogens is 616 g/mol. The van der Waals surface area contributed by atoms with Crippen LogP contribution in [-0.2, 0) is 16.1 Å². The molecule has 1 unspecified atom stereocenters. The van der Waals surface area contributed by atoms with Crippen LogP contribution >= 0.6 is 23.4 Å². The molecule has 3 aromatic carbocycles. The number of halogens is 1. The molecule has 2 aliphatic rings. The Morgan fingerprint density at radius 3 is 2.62 bits per heavy atom. The fraction of sp³-hybridized carbons (Fsp3) is 0.182. The maximum absolute atomic E-state index is 14.0. The Morgan fingerprint density at radius 2 is 1.87 bits per heavy atom. The van der Waals surface area contributed by atoms with E-state index in [4.69, 9.17) is 35.3 Å². The van der Waals surface area contributed by atoms with E-state index in [1.54, 1.807) is 42.3 Å². The number of hydrogen-bond donors (Lipinski definition) is 1. The molecule has 5 aromatic rings. The van der Waals surface area contributed by atoms with Gasteiger partial charge in [0.1, 0.15) is 23.9 Å². The Kier molecular flexibility index (Phi) is 7.86. The molecule has 0 aliphatic carbocycles. The fourth-order valence-corrected chi connectivity index (χ4v) is 6.70. The van der Waals surface area contributed by atoms with Gasteiger partial charge in [-0.3, -0.25) is 14.5 Å². The van der Waals surface area contributed by atoms with Crippen molar-refractivity contribution in [3.8, 4) is 34.2 Å². The lowest BCUT2D eigenvalue weighted by atomic mass is 9.99. The van der Waals surface area contributed by atoms with Crippen molar-refractivity contribution in [2.45, 2.75) is 11.8 Å². The molecule has 0 spiro atoms. The molecule has 0 bridgehead atoms. The van der Waals surface area contributed by atoms with Crippen LogP contribution in [0.4, 0.5) is 5.82 Å². The van der Waals surface area contributed by atoms with E-state index in [-0.39, 0.29) is 42.7 Å². The molecule has 10 nitrogen and oxygen atoms in total. The monoisotopic (exact) mass is 642 g/mol. The van der Waals surface area contributed by atoms with Crippen molar-refractivity contribution >= 4 is 41.0 Å². The highest BCUT2D eigenvalue weighted by molar-refractivity contribution is 8.00. The van der Waals surface area contributed by atoms with Crippen LogP contribution in [0.2, 0.25) is 5.02 Å². The summed E-state index contributed by atoms with van der Waals surface area (Å²) in [4.78, 5) is 28.8. The van der Waals surface area contributed by atoms with Crippen LogP contribution in [0, 0.1) is 0 Å². The van der Waals surface area contributed by atoms with Crippen LogP contribution in [0.1, 0.15) is 22.1 Å². The Balaban J connectivity index is 1.41. The van der Waals surface area contributed by atoms with Gasteiger partial charge in [0.25, 0.3) is 0 Å². The standard InChI is InChI=1S/C33H27ClN4O6S/c1-41-24-11-9-23(10-12-24)38-33-30(31(36-38)20-4-7-22(34)8-5-20)32(21-6-13-26-27(15-21)44-19-43-26)45-18-29(40)37(33)17-28(39)35-16-25-3-2-14-42-25/h2-15,32H,16-19H2,1H3,(H,35,39). The number of anilines is 1. The SMILES string of the molecule is COc1ccc(-n2nc(-c3ccc(Cl)cc3)c3c2N(CC(=O)NCc2ccco2)C(=O)CSC3c2ccc3c(c2)OCO3)cc1. The molecule has 0 saturated heterocycles. The van der Waals surface area contributed by atoms with E-state index in [0.717, 1.165) is 16.7 Å². The number of nitrogens with zero attached hydrogens (tertiary/aromatic N) is 3. The van der Waals surface area contributed by atoms with E-state index in [2.05, 4.69) is 5.32 Å². The van der Waals surface area contributed by atoms with Gasteiger partial charge in [0, 0.05) is 16.1 Å². The highest BCUT2D eigenvalue weighted by atomic mass is 35.5. The van der Waals surface area contributed by atoms with Gasteiger partial charge in [0.15, 0.2) is 11.5 Å². The van der Waals surface area contributed by atoms with Crippen molar-refractivity contribution in [2.24, 2.45) is 0 Å². The normalized spacial score (nSPS) is 15.5. The third-order valence-corrected chi connectivity index (χ3v) is 9.07. The molecular formula is C33H27ClN4O6S. The zero-order valence-corrected chi connectivity index (χ0v) is 25.6. The molecule has 45 heavy (non-hydrogen) atoms. The number of aromatic nitrogens is 2. The minimum Gasteiger partial charge on any atom is -0.497 e. The minimum absolute atomic E-state index is 0.127. The highest BCUT2D eigenvalue weighted by Gasteiger charge is 2.38. The number of hydrogen-bond acceptors (Lipinski definition) is 8. The summed E-state index contributed by atoms with van der Waals surface area (Å²) in [5, 5.41) is 8.23. The summed E-state index contributed by atoms with van der Waals surface area (Å²) in [6, 6.07) is 24.1. The second kappa shape index (κ2) is 12.3. The number of amides is 2. The molecule has 12 heteroatoms. The minimum atomic E-state index is -0.340. The van der Waals surface area contributed by atoms with Crippen molar-refractivity contribution in [2.75, 3.05) is 31.1 Å². The number of benzene rings is 3. The summed E-state index contributed by atoms with van der Waals surface area (Å²) < 4.78 is 23.8. The molecule has 1 N–H and O–H groups in total. The molecule has 2 amide bonds. The molecule has 7 rings (SSSR count). The molecule has 228 valence electrons. The maximum atomic E-state index is 14.0. The van der Waals surface area contributed by atoms with Crippen molar-refractivity contribution in [1.82, 2.24) is 15.1 Å². The summed E-state index contributed by atoms with van der Waals surface area (Å²) in [6.07, 6.45) is 1.55. The Labute approximate surface area is 267 Å². The summed E-state index contributed by atoms with van der Waals surface area (Å²) in [5.41, 5.74) is 3.85. The van der Waals surface area contributed by atoms with Crippen molar-refractivity contribution in [1.29, 1.82) is 0 Å². The number of carbonyl (C=O) groups excluding carboxylic acids is 2. The van der Waals surface area contributed by atoms with Crippen molar-refractivity contribution < 1.29 is 28.2 Å². The molecule has 0 saturated carbocycles. The molecule has 1 atom stereocenters. The summed E-state index contributed by atoms with van der Waals surface area (Å²) in [6.45, 7) is 0.124. The number of nitrogens with one attached hydrogen (secondary N) is 1. The first kappa shape index (κ1) is 28.9. The topological polar surface area (TPSA) is 108 Å². The molecule has 2 aromatic heterocycles. The first-order chi connectivity index (χ1) is 22.0. The van der Waals surface area contributed by atoms with E-state index in [9.17, 15) is 9.59 Å². The van der Waals surface area contributed by atoms with Crippen LogP contribution < -0.4 is 24.4 Å². The average Bonchev–Trinajstić information content (AvgIpc) is 3.82. The van der Waals surface area contributed by atoms with Crippen molar-refractivity contribution in [3.63, 3.8) is 0 Å². The second-order valence-corrected chi connectivity index (χ2v) is 11.9. The number of methoxy groups -OCH3 is 1. The average molecular weight is 643 g/mol. The lowest BCUT2D eigenvalue weighted by Crippen LogP contribution is -2.42. The zero-order chi connectivity index (χ0) is 30.9. The van der Waals surface area contributed by atoms with Gasteiger partial charge in [0.2, 0.25) is 18.6 Å². The predicted molar refractivity (Wildman–Crippen MR) is 170 cm³/mol. The second-order valence-electron chi connectivity index (χ2n) is 10.3. The van der Waals surface area contributed by atoms with Gasteiger partial charge in [-0.2, -0.15) is 5.10 Å². The summed E-state index contributed by atoms with van der Waals surface area (Å²) in [5.74, 6) is 2.64. The van der Waals surface area contributed by atoms with E-state index >= 15 is 0 Å². The fourth-order valence-electron chi connectivity index (χ4n) is 5.38. The smallest absolute Gasteiger partial charge is 0.240 e. The van der Waals surface area contributed by atoms with Crippen LogP contribution in [0.25, 0.3) is 16.9 Å². The molecule has 0 fully saturated rings. The van der Waals surface area contributed by atoms with Crippen LogP contribution in [0.15, 0.2) is 89.5 Å². The number of carbonyl (C=O) groups is 2. The first-order valence-corrected chi connectivity index (χ1v) is 15.5. The predicted octanol–water partition coefficient (Wildman–Crippen LogP) is 6.01. The van der Waals surface area contributed by atoms with Crippen LogP contribution in [-0.4, -0.2) is 47.8 Å².